The smallest absolute Gasteiger partial charge is 0.261 e. The zero-order valence-electron chi connectivity index (χ0n) is 18.5. The SMILES string of the molecule is CCCCCCOc1ccc(Br)cc1C(=O)NC(=S)Nc1ccc(CCC(=O)NC)cc1. The fourth-order valence-corrected chi connectivity index (χ4v) is 3.56. The first-order valence-electron chi connectivity index (χ1n) is 10.8. The number of unbranched alkanes of at least 4 members (excludes halogenated alkanes) is 3. The first-order chi connectivity index (χ1) is 15.4. The molecule has 2 amide bonds. The Labute approximate surface area is 203 Å². The maximum absolute atomic E-state index is 12.8. The van der Waals surface area contributed by atoms with Crippen LogP contribution in [0.15, 0.2) is 46.9 Å². The monoisotopic (exact) mass is 519 g/mol. The number of amides is 2. The summed E-state index contributed by atoms with van der Waals surface area (Å²) in [5.74, 6) is 0.202. The van der Waals surface area contributed by atoms with Gasteiger partial charge in [0.05, 0.1) is 12.2 Å². The van der Waals surface area contributed by atoms with Crippen LogP contribution in [0.25, 0.3) is 0 Å². The van der Waals surface area contributed by atoms with Gasteiger partial charge in [0, 0.05) is 23.6 Å². The number of anilines is 1. The summed E-state index contributed by atoms with van der Waals surface area (Å²) in [6.07, 6.45) is 5.48. The van der Waals surface area contributed by atoms with Crippen LogP contribution in [0.4, 0.5) is 5.69 Å². The average Bonchev–Trinajstić information content (AvgIpc) is 2.78. The van der Waals surface area contributed by atoms with E-state index in [-0.39, 0.29) is 16.9 Å². The van der Waals surface area contributed by atoms with Crippen LogP contribution in [0.1, 0.15) is 54.9 Å². The van der Waals surface area contributed by atoms with Gasteiger partial charge in [-0.1, -0.05) is 54.2 Å². The van der Waals surface area contributed by atoms with E-state index in [1.165, 1.54) is 6.42 Å². The quantitative estimate of drug-likeness (QED) is 0.280. The number of nitrogens with one attached hydrogen (secondary N) is 3. The Kier molecular flexibility index (Phi) is 11.2. The number of hydrogen-bond donors (Lipinski definition) is 3. The van der Waals surface area contributed by atoms with Crippen molar-refractivity contribution in [3.8, 4) is 5.75 Å². The number of halogens is 1. The second-order valence-electron chi connectivity index (χ2n) is 7.33. The molecule has 0 unspecified atom stereocenters. The lowest BCUT2D eigenvalue weighted by Crippen LogP contribution is -2.34. The minimum absolute atomic E-state index is 0.00736. The third-order valence-corrected chi connectivity index (χ3v) is 5.50. The highest BCUT2D eigenvalue weighted by atomic mass is 79.9. The summed E-state index contributed by atoms with van der Waals surface area (Å²) in [4.78, 5) is 24.2. The number of carbonyl (C=O) groups is 2. The molecule has 32 heavy (non-hydrogen) atoms. The Morgan fingerprint density at radius 3 is 2.50 bits per heavy atom. The summed E-state index contributed by atoms with van der Waals surface area (Å²) in [7, 11) is 1.63. The van der Waals surface area contributed by atoms with Crippen LogP contribution in [0.5, 0.6) is 5.75 Å². The summed E-state index contributed by atoms with van der Waals surface area (Å²) in [5, 5.41) is 8.53. The van der Waals surface area contributed by atoms with Gasteiger partial charge >= 0.3 is 0 Å². The van der Waals surface area contributed by atoms with Gasteiger partial charge in [0.15, 0.2) is 5.11 Å². The zero-order chi connectivity index (χ0) is 23.3. The number of thiocarbonyl (C=S) groups is 1. The molecule has 3 N–H and O–H groups in total. The first-order valence-corrected chi connectivity index (χ1v) is 12.0. The van der Waals surface area contributed by atoms with Crippen molar-refractivity contribution in [2.75, 3.05) is 19.0 Å². The molecule has 0 spiro atoms. The maximum atomic E-state index is 12.8. The van der Waals surface area contributed by atoms with Crippen molar-refractivity contribution in [1.82, 2.24) is 10.6 Å². The lowest BCUT2D eigenvalue weighted by molar-refractivity contribution is -0.120. The van der Waals surface area contributed by atoms with E-state index in [4.69, 9.17) is 17.0 Å². The van der Waals surface area contributed by atoms with E-state index in [9.17, 15) is 9.59 Å². The van der Waals surface area contributed by atoms with Crippen molar-refractivity contribution in [1.29, 1.82) is 0 Å². The number of carbonyl (C=O) groups excluding carboxylic acids is 2. The molecule has 0 aliphatic heterocycles. The molecule has 6 nitrogen and oxygen atoms in total. The normalized spacial score (nSPS) is 10.3. The second-order valence-corrected chi connectivity index (χ2v) is 8.65. The molecule has 0 aliphatic rings. The fraction of sp³-hybridized carbons (Fsp3) is 0.375. The Balaban J connectivity index is 1.92. The molecule has 0 aromatic heterocycles. The molecule has 172 valence electrons. The van der Waals surface area contributed by atoms with Crippen LogP contribution in [0, 0.1) is 0 Å². The predicted molar refractivity (Wildman–Crippen MR) is 136 cm³/mol. The Morgan fingerprint density at radius 2 is 1.81 bits per heavy atom. The molecular formula is C24H30BrN3O3S. The molecule has 8 heteroatoms. The van der Waals surface area contributed by atoms with Crippen LogP contribution >= 0.6 is 28.1 Å². The van der Waals surface area contributed by atoms with Crippen LogP contribution in [-0.4, -0.2) is 30.6 Å². The van der Waals surface area contributed by atoms with Crippen LogP contribution in [0.2, 0.25) is 0 Å². The highest BCUT2D eigenvalue weighted by Gasteiger charge is 2.15. The molecular weight excluding hydrogens is 490 g/mol. The largest absolute Gasteiger partial charge is 0.493 e. The van der Waals surface area contributed by atoms with E-state index in [1.54, 1.807) is 19.2 Å². The highest BCUT2D eigenvalue weighted by Crippen LogP contribution is 2.24. The van der Waals surface area contributed by atoms with Gasteiger partial charge in [-0.25, -0.2) is 0 Å². The van der Waals surface area contributed by atoms with Gasteiger partial charge in [-0.15, -0.1) is 0 Å². The predicted octanol–water partition coefficient (Wildman–Crippen LogP) is 5.21. The molecule has 0 fully saturated rings. The lowest BCUT2D eigenvalue weighted by atomic mass is 10.1. The summed E-state index contributed by atoms with van der Waals surface area (Å²) < 4.78 is 6.63. The minimum Gasteiger partial charge on any atom is -0.493 e. The lowest BCUT2D eigenvalue weighted by Gasteiger charge is -2.14. The summed E-state index contributed by atoms with van der Waals surface area (Å²) in [5.41, 5.74) is 2.22. The van der Waals surface area contributed by atoms with Crippen molar-refractivity contribution in [3.63, 3.8) is 0 Å². The van der Waals surface area contributed by atoms with Gasteiger partial charge in [-0.05, 0) is 61.0 Å². The molecule has 2 rings (SSSR count). The second kappa shape index (κ2) is 13.9. The van der Waals surface area contributed by atoms with E-state index in [0.29, 0.717) is 30.8 Å². The van der Waals surface area contributed by atoms with Gasteiger partial charge in [-0.3, -0.25) is 14.9 Å². The summed E-state index contributed by atoms with van der Waals surface area (Å²) >= 11 is 8.72. The third kappa shape index (κ3) is 8.96. The van der Waals surface area contributed by atoms with Gasteiger partial charge < -0.3 is 15.4 Å². The van der Waals surface area contributed by atoms with E-state index < -0.39 is 0 Å². The molecule has 0 aliphatic carbocycles. The maximum Gasteiger partial charge on any atom is 0.261 e. The van der Waals surface area contributed by atoms with Crippen LogP contribution < -0.4 is 20.7 Å². The standard InChI is InChI=1S/C24H30BrN3O3S/c1-3-4-5-6-15-31-21-13-10-18(25)16-20(21)23(30)28-24(32)27-19-11-7-17(8-12-19)9-14-22(29)26-2/h7-8,10-13,16H,3-6,9,14-15H2,1-2H3,(H,26,29)(H2,27,28,30,32). The number of ether oxygens (including phenoxy) is 1. The topological polar surface area (TPSA) is 79.5 Å². The highest BCUT2D eigenvalue weighted by molar-refractivity contribution is 9.10. The van der Waals surface area contributed by atoms with E-state index in [1.807, 2.05) is 30.3 Å². The molecule has 2 aromatic rings. The van der Waals surface area contributed by atoms with E-state index in [0.717, 1.165) is 35.0 Å². The Hall–Kier alpha value is -2.45. The fourth-order valence-electron chi connectivity index (χ4n) is 2.99. The van der Waals surface area contributed by atoms with Crippen molar-refractivity contribution < 1.29 is 14.3 Å². The van der Waals surface area contributed by atoms with E-state index >= 15 is 0 Å². The van der Waals surface area contributed by atoms with Crippen molar-refractivity contribution >= 4 is 50.8 Å². The molecule has 0 atom stereocenters. The molecule has 2 aromatic carbocycles. The van der Waals surface area contributed by atoms with E-state index in [2.05, 4.69) is 38.8 Å². The van der Waals surface area contributed by atoms with Crippen LogP contribution in [0.3, 0.4) is 0 Å². The van der Waals surface area contributed by atoms with Crippen molar-refractivity contribution in [2.24, 2.45) is 0 Å². The number of rotatable bonds is 11. The Morgan fingerprint density at radius 1 is 1.06 bits per heavy atom. The van der Waals surface area contributed by atoms with Crippen LogP contribution in [-0.2, 0) is 11.2 Å². The molecule has 0 bridgehead atoms. The number of aryl methyl sites for hydroxylation is 1. The molecule has 0 saturated carbocycles. The molecule has 0 saturated heterocycles. The number of hydrogen-bond acceptors (Lipinski definition) is 4. The number of benzene rings is 2. The minimum atomic E-state index is -0.338. The first kappa shape index (κ1) is 25.8. The molecule has 0 heterocycles. The average molecular weight is 520 g/mol. The van der Waals surface area contributed by atoms with Crippen molar-refractivity contribution in [2.45, 2.75) is 45.4 Å². The summed E-state index contributed by atoms with van der Waals surface area (Å²) in [6, 6.07) is 12.9. The summed E-state index contributed by atoms with van der Waals surface area (Å²) in [6.45, 7) is 2.73. The van der Waals surface area contributed by atoms with Gasteiger partial charge in [0.25, 0.3) is 5.91 Å². The van der Waals surface area contributed by atoms with Gasteiger partial charge in [0.2, 0.25) is 5.91 Å². The van der Waals surface area contributed by atoms with Crippen molar-refractivity contribution in [3.05, 3.63) is 58.1 Å². The third-order valence-electron chi connectivity index (χ3n) is 4.80. The zero-order valence-corrected chi connectivity index (χ0v) is 20.9. The van der Waals surface area contributed by atoms with Gasteiger partial charge in [-0.2, -0.15) is 0 Å². The Bertz CT molecular complexity index is 919. The van der Waals surface area contributed by atoms with Gasteiger partial charge in [0.1, 0.15) is 5.75 Å². The molecule has 0 radical (unpaired) electrons.